The van der Waals surface area contributed by atoms with E-state index in [0.29, 0.717) is 5.69 Å². The highest BCUT2D eigenvalue weighted by molar-refractivity contribution is 6.31. The fourth-order valence-electron chi connectivity index (χ4n) is 0.799. The molecule has 0 spiro atoms. The smallest absolute Gasteiger partial charge is 0.190 e. The first-order chi connectivity index (χ1) is 5.11. The lowest BCUT2D eigenvalue weighted by Crippen LogP contribution is -2.98. The van der Waals surface area contributed by atoms with Crippen molar-refractivity contribution in [3.63, 3.8) is 0 Å². The lowest BCUT2D eigenvalue weighted by atomic mass is 10.3. The maximum Gasteiger partial charge on any atom is 0.190 e. The van der Waals surface area contributed by atoms with Crippen LogP contribution in [0.3, 0.4) is 0 Å². The molecule has 0 amide bonds. The van der Waals surface area contributed by atoms with Crippen molar-refractivity contribution in [2.45, 2.75) is 6.92 Å². The number of hydrogen-bond acceptors (Lipinski definition) is 2. The van der Waals surface area contributed by atoms with E-state index in [2.05, 4.69) is 4.98 Å². The van der Waals surface area contributed by atoms with Crippen LogP contribution in [0.15, 0.2) is 12.3 Å². The van der Waals surface area contributed by atoms with Gasteiger partial charge in [0.25, 0.3) is 0 Å². The minimum atomic E-state index is -0.0498. The summed E-state index contributed by atoms with van der Waals surface area (Å²) in [7, 11) is 1.47. The first-order valence-electron chi connectivity index (χ1n) is 3.24. The van der Waals surface area contributed by atoms with E-state index in [-0.39, 0.29) is 10.2 Å². The topological polar surface area (TPSA) is 40.4 Å². The van der Waals surface area contributed by atoms with E-state index in [4.69, 9.17) is 11.6 Å². The highest BCUT2D eigenvalue weighted by atomic mass is 35.5. The van der Waals surface area contributed by atoms with E-state index in [0.717, 1.165) is 5.56 Å². The summed E-state index contributed by atoms with van der Waals surface area (Å²) in [6.45, 7) is 1.87. The molecule has 0 aliphatic heterocycles. The molecule has 3 nitrogen and oxygen atoms in total. The highest BCUT2D eigenvalue weighted by Gasteiger charge is 2.05. The van der Waals surface area contributed by atoms with Crippen molar-refractivity contribution in [2.75, 3.05) is 7.05 Å². The minimum absolute atomic E-state index is 0.0498. The Morgan fingerprint density at radius 1 is 1.64 bits per heavy atom. The van der Waals surface area contributed by atoms with E-state index in [9.17, 15) is 5.21 Å². The number of hydrogen-bond donors (Lipinski definition) is 1. The molecule has 0 aliphatic rings. The van der Waals surface area contributed by atoms with Gasteiger partial charge in [0, 0.05) is 12.3 Å². The third-order valence-electron chi connectivity index (χ3n) is 1.36. The maximum absolute atomic E-state index is 10.9. The van der Waals surface area contributed by atoms with Crippen LogP contribution in [0.4, 0.5) is 5.69 Å². The van der Waals surface area contributed by atoms with Gasteiger partial charge in [-0.3, -0.25) is 0 Å². The standard InChI is InChI=1S/C7H9ClN2O/c1-5-3-6(10(2)11)7(8)9-4-5/h3-4,10H,1-2H3. The van der Waals surface area contributed by atoms with Gasteiger partial charge in [-0.25, -0.2) is 4.98 Å². The summed E-state index contributed by atoms with van der Waals surface area (Å²) in [4.78, 5) is 3.84. The number of halogens is 1. The predicted molar refractivity (Wildman–Crippen MR) is 43.9 cm³/mol. The summed E-state index contributed by atoms with van der Waals surface area (Å²) in [5.41, 5.74) is 1.44. The largest absolute Gasteiger partial charge is 0.629 e. The van der Waals surface area contributed by atoms with Gasteiger partial charge >= 0.3 is 0 Å². The van der Waals surface area contributed by atoms with Crippen LogP contribution in [-0.4, -0.2) is 12.0 Å². The van der Waals surface area contributed by atoms with Crippen molar-refractivity contribution in [1.29, 1.82) is 0 Å². The summed E-state index contributed by atoms with van der Waals surface area (Å²) in [6.07, 6.45) is 1.63. The van der Waals surface area contributed by atoms with Crippen molar-refractivity contribution in [2.24, 2.45) is 0 Å². The molecule has 1 unspecified atom stereocenters. The average molecular weight is 173 g/mol. The van der Waals surface area contributed by atoms with Crippen molar-refractivity contribution in [3.05, 3.63) is 28.2 Å². The Morgan fingerprint density at radius 2 is 2.27 bits per heavy atom. The van der Waals surface area contributed by atoms with Gasteiger partial charge in [0.1, 0.15) is 0 Å². The number of hydroxylamine groups is 1. The molecule has 0 bridgehead atoms. The number of rotatable bonds is 1. The lowest BCUT2D eigenvalue weighted by Gasteiger charge is -2.16. The second-order valence-corrected chi connectivity index (χ2v) is 2.77. The second-order valence-electron chi connectivity index (χ2n) is 2.41. The number of nitrogens with zero attached hydrogens (tertiary/aromatic N) is 1. The molecule has 0 aromatic carbocycles. The molecule has 0 saturated carbocycles. The Labute approximate surface area is 70.2 Å². The van der Waals surface area contributed by atoms with Gasteiger partial charge in [-0.2, -0.15) is 0 Å². The maximum atomic E-state index is 10.9. The van der Waals surface area contributed by atoms with E-state index < -0.39 is 0 Å². The van der Waals surface area contributed by atoms with Crippen LogP contribution in [0, 0.1) is 12.1 Å². The Hall–Kier alpha value is -0.640. The van der Waals surface area contributed by atoms with Crippen LogP contribution in [-0.2, 0) is 0 Å². The van der Waals surface area contributed by atoms with Gasteiger partial charge in [0.2, 0.25) is 0 Å². The van der Waals surface area contributed by atoms with Crippen molar-refractivity contribution in [3.8, 4) is 0 Å². The molecule has 0 fully saturated rings. The van der Waals surface area contributed by atoms with Gasteiger partial charge in [0.15, 0.2) is 10.8 Å². The molecule has 0 radical (unpaired) electrons. The quantitative estimate of drug-likeness (QED) is 0.500. The Kier molecular flexibility index (Phi) is 2.44. The van der Waals surface area contributed by atoms with E-state index in [1.54, 1.807) is 12.3 Å². The van der Waals surface area contributed by atoms with E-state index in [1.807, 2.05) is 6.92 Å². The lowest BCUT2D eigenvalue weighted by molar-refractivity contribution is -0.751. The van der Waals surface area contributed by atoms with Gasteiger partial charge < -0.3 is 10.3 Å². The summed E-state index contributed by atoms with van der Waals surface area (Å²) in [6, 6.07) is 1.73. The van der Waals surface area contributed by atoms with E-state index in [1.165, 1.54) is 7.05 Å². The molecule has 1 heterocycles. The molecule has 0 aliphatic carbocycles. The normalized spacial score (nSPS) is 13.1. The minimum Gasteiger partial charge on any atom is -0.629 e. The summed E-state index contributed by atoms with van der Waals surface area (Å²) >= 11 is 5.66. The molecule has 0 saturated heterocycles. The van der Waals surface area contributed by atoms with E-state index >= 15 is 0 Å². The number of pyridine rings is 1. The number of nitrogens with one attached hydrogen (secondary N) is 1. The SMILES string of the molecule is Cc1cnc(Cl)c([NH+](C)[O-])c1. The monoisotopic (exact) mass is 172 g/mol. The summed E-state index contributed by atoms with van der Waals surface area (Å²) in [5.74, 6) is 0. The zero-order valence-electron chi connectivity index (χ0n) is 6.39. The molecule has 1 aromatic heterocycles. The van der Waals surface area contributed by atoms with Crippen LogP contribution in [0.25, 0.3) is 0 Å². The fraction of sp³-hybridized carbons (Fsp3) is 0.286. The van der Waals surface area contributed by atoms with Gasteiger partial charge in [0.05, 0.1) is 7.05 Å². The number of aromatic nitrogens is 1. The number of aryl methyl sites for hydroxylation is 1. The third kappa shape index (κ3) is 1.89. The molecule has 60 valence electrons. The zero-order valence-corrected chi connectivity index (χ0v) is 7.14. The molecule has 4 heteroatoms. The first-order valence-corrected chi connectivity index (χ1v) is 3.62. The molecular weight excluding hydrogens is 164 g/mol. The molecule has 1 atom stereocenters. The van der Waals surface area contributed by atoms with Crippen LogP contribution in [0.2, 0.25) is 5.15 Å². The second kappa shape index (κ2) is 3.17. The van der Waals surface area contributed by atoms with Crippen LogP contribution in [0.5, 0.6) is 0 Å². The van der Waals surface area contributed by atoms with Crippen molar-refractivity contribution < 1.29 is 5.06 Å². The van der Waals surface area contributed by atoms with Gasteiger partial charge in [-0.1, -0.05) is 11.6 Å². The van der Waals surface area contributed by atoms with Crippen molar-refractivity contribution in [1.82, 2.24) is 4.98 Å². The number of quaternary nitrogens is 1. The Morgan fingerprint density at radius 3 is 2.73 bits per heavy atom. The average Bonchev–Trinajstić information content (AvgIpc) is 1.94. The molecular formula is C7H9ClN2O. The molecule has 1 N–H and O–H groups in total. The van der Waals surface area contributed by atoms with Crippen LogP contribution in [0.1, 0.15) is 5.56 Å². The predicted octanol–water partition coefficient (Wildman–Crippen LogP) is 0.687. The molecule has 1 rings (SSSR count). The zero-order chi connectivity index (χ0) is 8.43. The van der Waals surface area contributed by atoms with Gasteiger partial charge in [-0.15, -0.1) is 0 Å². The Balaban J connectivity index is 3.13. The molecule has 11 heavy (non-hydrogen) atoms. The first kappa shape index (κ1) is 8.46. The summed E-state index contributed by atoms with van der Waals surface area (Å²) < 4.78 is 0. The molecule has 1 aromatic rings. The van der Waals surface area contributed by atoms with Crippen molar-refractivity contribution >= 4 is 17.3 Å². The summed E-state index contributed by atoms with van der Waals surface area (Å²) in [5, 5.41) is 11.1. The third-order valence-corrected chi connectivity index (χ3v) is 1.66. The van der Waals surface area contributed by atoms with Crippen LogP contribution >= 0.6 is 11.6 Å². The fourth-order valence-corrected chi connectivity index (χ4v) is 1.04. The highest BCUT2D eigenvalue weighted by Crippen LogP contribution is 2.14. The van der Waals surface area contributed by atoms with Crippen LogP contribution < -0.4 is 5.06 Å². The van der Waals surface area contributed by atoms with Gasteiger partial charge in [-0.05, 0) is 12.5 Å². The Bertz CT molecular complexity index is 263.